The van der Waals surface area contributed by atoms with E-state index in [0.29, 0.717) is 16.5 Å². The zero-order chi connectivity index (χ0) is 11.5. The number of halogens is 1. The van der Waals surface area contributed by atoms with Gasteiger partial charge in [0.05, 0.1) is 11.9 Å². The molecule has 82 valence electrons. The topological polar surface area (TPSA) is 63.8 Å². The maximum absolute atomic E-state index is 6.02. The van der Waals surface area contributed by atoms with Crippen LogP contribution in [0.3, 0.4) is 0 Å². The Morgan fingerprint density at radius 2 is 2.19 bits per heavy atom. The van der Waals surface area contributed by atoms with Crippen molar-refractivity contribution in [2.24, 2.45) is 0 Å². The first-order valence-corrected chi connectivity index (χ1v) is 5.13. The molecule has 0 aliphatic carbocycles. The molecule has 0 amide bonds. The molecule has 0 radical (unpaired) electrons. The molecule has 0 fully saturated rings. The summed E-state index contributed by atoms with van der Waals surface area (Å²) in [6, 6.07) is 5.68. The van der Waals surface area contributed by atoms with Crippen molar-refractivity contribution in [1.82, 2.24) is 9.97 Å². The van der Waals surface area contributed by atoms with Gasteiger partial charge in [-0.1, -0.05) is 17.7 Å². The fourth-order valence-electron chi connectivity index (χ4n) is 1.25. The summed E-state index contributed by atoms with van der Waals surface area (Å²) in [7, 11) is 0. The summed E-state index contributed by atoms with van der Waals surface area (Å²) < 4.78 is 0. The van der Waals surface area contributed by atoms with Crippen LogP contribution in [0.2, 0.25) is 5.02 Å². The van der Waals surface area contributed by atoms with Crippen LogP contribution >= 0.6 is 11.6 Å². The highest BCUT2D eigenvalue weighted by Gasteiger charge is 2.02. The molecule has 0 spiro atoms. The van der Waals surface area contributed by atoms with Gasteiger partial charge in [-0.15, -0.1) is 0 Å². The first kappa shape index (κ1) is 10.7. The van der Waals surface area contributed by atoms with E-state index in [1.165, 1.54) is 6.33 Å². The Morgan fingerprint density at radius 1 is 1.38 bits per heavy atom. The van der Waals surface area contributed by atoms with E-state index >= 15 is 0 Å². The third kappa shape index (κ3) is 2.23. The van der Waals surface area contributed by atoms with Crippen LogP contribution in [0.1, 0.15) is 5.56 Å². The molecule has 0 aliphatic rings. The Bertz CT molecular complexity index is 513. The molecule has 0 saturated carbocycles. The van der Waals surface area contributed by atoms with Crippen molar-refractivity contribution in [2.45, 2.75) is 6.92 Å². The number of aryl methyl sites for hydroxylation is 1. The van der Waals surface area contributed by atoms with Gasteiger partial charge in [-0.2, -0.15) is 0 Å². The predicted octanol–water partition coefficient (Wildman–Crippen LogP) is 2.76. The lowest BCUT2D eigenvalue weighted by Crippen LogP contribution is -1.99. The van der Waals surface area contributed by atoms with E-state index in [1.54, 1.807) is 6.20 Å². The molecule has 0 saturated heterocycles. The van der Waals surface area contributed by atoms with Crippen molar-refractivity contribution < 1.29 is 0 Å². The van der Waals surface area contributed by atoms with Crippen LogP contribution in [-0.2, 0) is 0 Å². The van der Waals surface area contributed by atoms with Gasteiger partial charge in [0, 0.05) is 10.7 Å². The van der Waals surface area contributed by atoms with Crippen molar-refractivity contribution in [3.05, 3.63) is 41.3 Å². The van der Waals surface area contributed by atoms with E-state index in [2.05, 4.69) is 15.3 Å². The number of nitrogens with zero attached hydrogens (tertiary/aromatic N) is 2. The van der Waals surface area contributed by atoms with Gasteiger partial charge < -0.3 is 11.1 Å². The Labute approximate surface area is 98.5 Å². The fraction of sp³-hybridized carbons (Fsp3) is 0.0909. The van der Waals surface area contributed by atoms with Gasteiger partial charge in [-0.3, -0.25) is 0 Å². The second kappa shape index (κ2) is 4.37. The Hall–Kier alpha value is -1.81. The van der Waals surface area contributed by atoms with Gasteiger partial charge in [0.25, 0.3) is 0 Å². The normalized spacial score (nSPS) is 10.1. The molecule has 2 aromatic rings. The highest BCUT2D eigenvalue weighted by Crippen LogP contribution is 2.24. The minimum Gasteiger partial charge on any atom is -0.394 e. The van der Waals surface area contributed by atoms with E-state index in [-0.39, 0.29) is 0 Å². The molecule has 0 unspecified atom stereocenters. The molecule has 1 aromatic heterocycles. The van der Waals surface area contributed by atoms with Crippen LogP contribution in [-0.4, -0.2) is 9.97 Å². The highest BCUT2D eigenvalue weighted by atomic mass is 35.5. The van der Waals surface area contributed by atoms with Crippen molar-refractivity contribution in [3.8, 4) is 0 Å². The smallest absolute Gasteiger partial charge is 0.157 e. The third-order valence-corrected chi connectivity index (χ3v) is 2.58. The largest absolute Gasteiger partial charge is 0.394 e. The van der Waals surface area contributed by atoms with Gasteiger partial charge in [0.1, 0.15) is 6.33 Å². The summed E-state index contributed by atoms with van der Waals surface area (Å²) in [4.78, 5) is 7.85. The van der Waals surface area contributed by atoms with E-state index < -0.39 is 0 Å². The molecule has 0 aliphatic heterocycles. The summed E-state index contributed by atoms with van der Waals surface area (Å²) in [6.45, 7) is 1.95. The number of nitrogens with two attached hydrogens (primary N) is 1. The first-order valence-electron chi connectivity index (χ1n) is 4.75. The fourth-order valence-corrected chi connectivity index (χ4v) is 1.43. The number of anilines is 3. The molecule has 3 N–H and O–H groups in total. The van der Waals surface area contributed by atoms with Crippen LogP contribution in [0.5, 0.6) is 0 Å². The first-order chi connectivity index (χ1) is 7.66. The molecule has 0 bridgehead atoms. The minimum atomic E-state index is 0.499. The van der Waals surface area contributed by atoms with Gasteiger partial charge >= 0.3 is 0 Å². The average molecular weight is 235 g/mol. The lowest BCUT2D eigenvalue weighted by molar-refractivity contribution is 1.17. The SMILES string of the molecule is Cc1ccc(Nc2ncncc2N)cc1Cl. The van der Waals surface area contributed by atoms with Gasteiger partial charge in [0.15, 0.2) is 5.82 Å². The van der Waals surface area contributed by atoms with E-state index in [9.17, 15) is 0 Å². The van der Waals surface area contributed by atoms with Crippen LogP contribution in [0.25, 0.3) is 0 Å². The van der Waals surface area contributed by atoms with Crippen LogP contribution in [0, 0.1) is 6.92 Å². The second-order valence-corrected chi connectivity index (χ2v) is 3.82. The second-order valence-electron chi connectivity index (χ2n) is 3.42. The monoisotopic (exact) mass is 234 g/mol. The standard InChI is InChI=1S/C11H11ClN4/c1-7-2-3-8(4-9(7)12)16-11-10(13)5-14-6-15-11/h2-6H,13H2,1H3,(H,14,15,16). The Balaban J connectivity index is 2.28. The Kier molecular flexibility index (Phi) is 2.92. The van der Waals surface area contributed by atoms with Gasteiger partial charge in [-0.25, -0.2) is 9.97 Å². The molecule has 1 heterocycles. The molecule has 1 aromatic carbocycles. The van der Waals surface area contributed by atoms with Gasteiger partial charge in [-0.05, 0) is 24.6 Å². The molecule has 5 heteroatoms. The van der Waals surface area contributed by atoms with E-state index in [4.69, 9.17) is 17.3 Å². The summed E-state index contributed by atoms with van der Waals surface area (Å²) in [5, 5.41) is 3.79. The molecular weight excluding hydrogens is 224 g/mol. The summed E-state index contributed by atoms with van der Waals surface area (Å²) in [6.07, 6.45) is 2.99. The number of hydrogen-bond donors (Lipinski definition) is 2. The number of benzene rings is 1. The molecule has 0 atom stereocenters. The zero-order valence-corrected chi connectivity index (χ0v) is 9.49. The van der Waals surface area contributed by atoms with Crippen LogP contribution < -0.4 is 11.1 Å². The minimum absolute atomic E-state index is 0.499. The number of aromatic nitrogens is 2. The highest BCUT2D eigenvalue weighted by molar-refractivity contribution is 6.31. The van der Waals surface area contributed by atoms with E-state index in [1.807, 2.05) is 25.1 Å². The summed E-state index contributed by atoms with van der Waals surface area (Å²) in [5.41, 5.74) is 8.09. The summed E-state index contributed by atoms with van der Waals surface area (Å²) >= 11 is 6.02. The number of nitrogens with one attached hydrogen (secondary N) is 1. The lowest BCUT2D eigenvalue weighted by Gasteiger charge is -2.08. The summed E-state index contributed by atoms with van der Waals surface area (Å²) in [5.74, 6) is 0.579. The lowest BCUT2D eigenvalue weighted by atomic mass is 10.2. The maximum atomic E-state index is 6.02. The molecule has 2 rings (SSSR count). The van der Waals surface area contributed by atoms with E-state index in [0.717, 1.165) is 11.3 Å². The average Bonchev–Trinajstić information content (AvgIpc) is 2.27. The third-order valence-electron chi connectivity index (χ3n) is 2.18. The van der Waals surface area contributed by atoms with Crippen molar-refractivity contribution >= 4 is 28.8 Å². The van der Waals surface area contributed by atoms with Crippen molar-refractivity contribution in [2.75, 3.05) is 11.1 Å². The number of nitrogen functional groups attached to an aromatic ring is 1. The Morgan fingerprint density at radius 3 is 2.88 bits per heavy atom. The van der Waals surface area contributed by atoms with Crippen molar-refractivity contribution in [1.29, 1.82) is 0 Å². The molecular formula is C11H11ClN4. The maximum Gasteiger partial charge on any atom is 0.157 e. The van der Waals surface area contributed by atoms with Gasteiger partial charge in [0.2, 0.25) is 0 Å². The number of rotatable bonds is 2. The number of hydrogen-bond acceptors (Lipinski definition) is 4. The molecule has 16 heavy (non-hydrogen) atoms. The van der Waals surface area contributed by atoms with Crippen LogP contribution in [0.15, 0.2) is 30.7 Å². The quantitative estimate of drug-likeness (QED) is 0.839. The van der Waals surface area contributed by atoms with Crippen LogP contribution in [0.4, 0.5) is 17.2 Å². The molecule has 4 nitrogen and oxygen atoms in total. The predicted molar refractivity (Wildman–Crippen MR) is 65.9 cm³/mol. The van der Waals surface area contributed by atoms with Crippen molar-refractivity contribution in [3.63, 3.8) is 0 Å². The zero-order valence-electron chi connectivity index (χ0n) is 8.74.